The number of rotatable bonds is 6. The van der Waals surface area contributed by atoms with E-state index in [9.17, 15) is 4.79 Å². The zero-order valence-electron chi connectivity index (χ0n) is 14.4. The van der Waals surface area contributed by atoms with Crippen molar-refractivity contribution in [2.24, 2.45) is 5.92 Å². The first kappa shape index (κ1) is 16.5. The van der Waals surface area contributed by atoms with E-state index >= 15 is 0 Å². The van der Waals surface area contributed by atoms with Gasteiger partial charge in [-0.15, -0.1) is 11.3 Å². The van der Waals surface area contributed by atoms with Gasteiger partial charge in [-0.05, 0) is 36.3 Å². The Labute approximate surface area is 151 Å². The van der Waals surface area contributed by atoms with E-state index in [4.69, 9.17) is 4.74 Å². The number of hydrogen-bond acceptors (Lipinski definition) is 4. The standard InChI is InChI=1S/C19H23N3O2S/c1-24-12-15-10-21(18(23)7-6-16-3-2-8-25-16)11-17-19(15)22(13-20-17)9-14-4-5-14/h2-3,6-8,13-15H,4-5,9-12H2,1H3/b7-6+/t15-/m0/s1. The van der Waals surface area contributed by atoms with Crippen LogP contribution in [-0.2, 0) is 22.6 Å². The lowest BCUT2D eigenvalue weighted by molar-refractivity contribution is -0.127. The van der Waals surface area contributed by atoms with Gasteiger partial charge in [-0.25, -0.2) is 4.98 Å². The molecule has 0 aromatic carbocycles. The molecule has 5 nitrogen and oxygen atoms in total. The lowest BCUT2D eigenvalue weighted by Gasteiger charge is -2.32. The minimum absolute atomic E-state index is 0.0388. The van der Waals surface area contributed by atoms with Crippen LogP contribution in [0, 0.1) is 5.92 Å². The van der Waals surface area contributed by atoms with Gasteiger partial charge in [0.15, 0.2) is 0 Å². The Morgan fingerprint density at radius 2 is 2.36 bits per heavy atom. The van der Waals surface area contributed by atoms with Gasteiger partial charge in [0.25, 0.3) is 0 Å². The van der Waals surface area contributed by atoms with Crippen molar-refractivity contribution in [3.63, 3.8) is 0 Å². The third kappa shape index (κ3) is 3.70. The number of carbonyl (C=O) groups is 1. The number of thiophene rings is 1. The van der Waals surface area contributed by atoms with E-state index in [2.05, 4.69) is 9.55 Å². The molecule has 25 heavy (non-hydrogen) atoms. The number of aromatic nitrogens is 2. The molecule has 0 unspecified atom stereocenters. The Hall–Kier alpha value is -1.92. The molecule has 1 amide bonds. The van der Waals surface area contributed by atoms with Crippen molar-refractivity contribution in [1.29, 1.82) is 0 Å². The molecule has 1 aliphatic heterocycles. The van der Waals surface area contributed by atoms with Crippen molar-refractivity contribution < 1.29 is 9.53 Å². The molecular weight excluding hydrogens is 334 g/mol. The van der Waals surface area contributed by atoms with E-state index in [-0.39, 0.29) is 11.8 Å². The SMILES string of the molecule is COC[C@@H]1CN(C(=O)/C=C/c2cccs2)Cc2ncn(CC3CC3)c21. The lowest BCUT2D eigenvalue weighted by Crippen LogP contribution is -2.39. The highest BCUT2D eigenvalue weighted by atomic mass is 32.1. The largest absolute Gasteiger partial charge is 0.384 e. The fraction of sp³-hybridized carbons (Fsp3) is 0.474. The predicted octanol–water partition coefficient (Wildman–Crippen LogP) is 3.14. The molecule has 4 rings (SSSR count). The fourth-order valence-electron chi connectivity index (χ4n) is 3.49. The van der Waals surface area contributed by atoms with Crippen LogP contribution >= 0.6 is 11.3 Å². The number of ether oxygens (including phenoxy) is 1. The van der Waals surface area contributed by atoms with Crippen LogP contribution < -0.4 is 0 Å². The predicted molar refractivity (Wildman–Crippen MR) is 98.3 cm³/mol. The summed E-state index contributed by atoms with van der Waals surface area (Å²) in [5.74, 6) is 1.03. The summed E-state index contributed by atoms with van der Waals surface area (Å²) in [7, 11) is 1.72. The van der Waals surface area contributed by atoms with Crippen molar-refractivity contribution in [1.82, 2.24) is 14.5 Å². The molecule has 2 aromatic rings. The summed E-state index contributed by atoms with van der Waals surface area (Å²) in [5, 5.41) is 2.01. The average molecular weight is 357 g/mol. The topological polar surface area (TPSA) is 47.4 Å². The van der Waals surface area contributed by atoms with Crippen LogP contribution in [0.2, 0.25) is 0 Å². The zero-order valence-corrected chi connectivity index (χ0v) is 15.2. The second kappa shape index (κ2) is 7.14. The van der Waals surface area contributed by atoms with Gasteiger partial charge >= 0.3 is 0 Å². The van der Waals surface area contributed by atoms with Crippen LogP contribution in [0.25, 0.3) is 6.08 Å². The van der Waals surface area contributed by atoms with E-state index in [0.29, 0.717) is 19.7 Å². The van der Waals surface area contributed by atoms with E-state index < -0.39 is 0 Å². The van der Waals surface area contributed by atoms with Gasteiger partial charge in [0.1, 0.15) is 0 Å². The molecule has 6 heteroatoms. The minimum Gasteiger partial charge on any atom is -0.384 e. The third-order valence-electron chi connectivity index (χ3n) is 4.89. The molecule has 1 saturated carbocycles. The summed E-state index contributed by atoms with van der Waals surface area (Å²) in [4.78, 5) is 20.2. The van der Waals surface area contributed by atoms with Crippen molar-refractivity contribution in [2.45, 2.75) is 31.8 Å². The molecule has 0 N–H and O–H groups in total. The van der Waals surface area contributed by atoms with Crippen LogP contribution in [0.5, 0.6) is 0 Å². The highest BCUT2D eigenvalue weighted by Crippen LogP contribution is 2.34. The molecule has 0 spiro atoms. The maximum Gasteiger partial charge on any atom is 0.246 e. The quantitative estimate of drug-likeness (QED) is 0.746. The summed E-state index contributed by atoms with van der Waals surface area (Å²) < 4.78 is 7.73. The molecule has 2 aromatic heterocycles. The maximum absolute atomic E-state index is 12.6. The molecule has 1 fully saturated rings. The van der Waals surface area contributed by atoms with Gasteiger partial charge in [0, 0.05) is 42.8 Å². The zero-order chi connectivity index (χ0) is 17.2. The Bertz CT molecular complexity index is 762. The molecule has 0 bridgehead atoms. The van der Waals surface area contributed by atoms with Crippen molar-refractivity contribution in [3.05, 3.63) is 46.2 Å². The number of amides is 1. The van der Waals surface area contributed by atoms with Crippen LogP contribution in [-0.4, -0.2) is 40.6 Å². The van der Waals surface area contributed by atoms with E-state index in [1.807, 2.05) is 34.8 Å². The van der Waals surface area contributed by atoms with Gasteiger partial charge < -0.3 is 14.2 Å². The van der Waals surface area contributed by atoms with Crippen molar-refractivity contribution in [3.8, 4) is 0 Å². The van der Waals surface area contributed by atoms with Gasteiger partial charge in [0.05, 0.1) is 25.2 Å². The number of hydrogen-bond donors (Lipinski definition) is 0. The smallest absolute Gasteiger partial charge is 0.246 e. The summed E-state index contributed by atoms with van der Waals surface area (Å²) in [6, 6.07) is 4.00. The summed E-state index contributed by atoms with van der Waals surface area (Å²) in [5.41, 5.74) is 2.28. The highest BCUT2D eigenvalue weighted by molar-refractivity contribution is 7.10. The number of carbonyl (C=O) groups excluding carboxylic acids is 1. The number of methoxy groups -OCH3 is 1. The number of imidazole rings is 1. The molecule has 1 atom stereocenters. The molecule has 1 aliphatic carbocycles. The third-order valence-corrected chi connectivity index (χ3v) is 5.73. The summed E-state index contributed by atoms with van der Waals surface area (Å²) >= 11 is 1.63. The van der Waals surface area contributed by atoms with Gasteiger partial charge in [-0.1, -0.05) is 6.07 Å². The molecule has 3 heterocycles. The first-order valence-electron chi connectivity index (χ1n) is 8.78. The highest BCUT2D eigenvalue weighted by Gasteiger charge is 2.33. The summed E-state index contributed by atoms with van der Waals surface area (Å²) in [6.45, 7) is 2.93. The van der Waals surface area contributed by atoms with Crippen LogP contribution in [0.3, 0.4) is 0 Å². The lowest BCUT2D eigenvalue weighted by atomic mass is 9.98. The first-order valence-corrected chi connectivity index (χ1v) is 9.66. The Morgan fingerprint density at radius 1 is 1.48 bits per heavy atom. The maximum atomic E-state index is 12.6. The van der Waals surface area contributed by atoms with Gasteiger partial charge in [-0.2, -0.15) is 0 Å². The molecule has 2 aliphatic rings. The summed E-state index contributed by atoms with van der Waals surface area (Å²) in [6.07, 6.45) is 8.14. The molecule has 0 saturated heterocycles. The van der Waals surface area contributed by atoms with Crippen molar-refractivity contribution in [2.75, 3.05) is 20.3 Å². The normalized spacial score (nSPS) is 20.2. The second-order valence-corrected chi connectivity index (χ2v) is 7.87. The fourth-order valence-corrected chi connectivity index (χ4v) is 4.11. The Morgan fingerprint density at radius 3 is 3.08 bits per heavy atom. The molecular formula is C19H23N3O2S. The average Bonchev–Trinajstić information content (AvgIpc) is 3.10. The second-order valence-electron chi connectivity index (χ2n) is 6.89. The first-order chi connectivity index (χ1) is 12.2. The van der Waals surface area contributed by atoms with Crippen LogP contribution in [0.1, 0.15) is 35.0 Å². The van der Waals surface area contributed by atoms with E-state index in [1.165, 1.54) is 18.5 Å². The van der Waals surface area contributed by atoms with E-state index in [0.717, 1.165) is 23.0 Å². The van der Waals surface area contributed by atoms with Crippen LogP contribution in [0.15, 0.2) is 29.9 Å². The van der Waals surface area contributed by atoms with Gasteiger partial charge in [0.2, 0.25) is 5.91 Å². The van der Waals surface area contributed by atoms with Crippen LogP contribution in [0.4, 0.5) is 0 Å². The number of fused-ring (bicyclic) bond motifs is 1. The monoisotopic (exact) mass is 357 g/mol. The van der Waals surface area contributed by atoms with Crippen molar-refractivity contribution >= 4 is 23.3 Å². The minimum atomic E-state index is 0.0388. The van der Waals surface area contributed by atoms with E-state index in [1.54, 1.807) is 24.5 Å². The van der Waals surface area contributed by atoms with Gasteiger partial charge in [-0.3, -0.25) is 4.79 Å². The Kier molecular flexibility index (Phi) is 4.72. The number of nitrogens with zero attached hydrogens (tertiary/aromatic N) is 3. The molecule has 0 radical (unpaired) electrons. The Balaban J connectivity index is 1.52. The molecule has 132 valence electrons.